The molecule has 0 amide bonds. The summed E-state index contributed by atoms with van der Waals surface area (Å²) < 4.78 is 6.13. The Labute approximate surface area is 160 Å². The maximum absolute atomic E-state index is 6.13. The van der Waals surface area contributed by atoms with Crippen molar-refractivity contribution >= 4 is 45.5 Å². The van der Waals surface area contributed by atoms with Crippen molar-refractivity contribution in [2.45, 2.75) is 4.90 Å². The second-order valence-corrected chi connectivity index (χ2v) is 7.66. The third kappa shape index (κ3) is 3.27. The SMILES string of the molecule is CSCCOc1cc2c(SC)cccc2cc1-c1nc2ncccc2[nH]1. The van der Waals surface area contributed by atoms with Gasteiger partial charge < -0.3 is 9.72 Å². The highest BCUT2D eigenvalue weighted by Gasteiger charge is 2.14. The standard InChI is InChI=1S/C20H19N3OS2/c1-25-10-9-24-17-12-14-13(5-3-7-18(14)26-2)11-15(17)19-22-16-6-4-8-21-20(16)23-19/h3-8,11-12H,9-10H2,1-2H3,(H,21,22,23). The Morgan fingerprint density at radius 3 is 2.85 bits per heavy atom. The number of aromatic nitrogens is 3. The van der Waals surface area contributed by atoms with E-state index in [1.54, 1.807) is 29.7 Å². The molecule has 0 aliphatic carbocycles. The second kappa shape index (κ2) is 7.60. The number of ether oxygens (including phenoxy) is 1. The molecule has 4 rings (SSSR count). The van der Waals surface area contributed by atoms with Gasteiger partial charge in [-0.3, -0.25) is 0 Å². The first kappa shape index (κ1) is 17.2. The fourth-order valence-corrected chi connectivity index (χ4v) is 3.83. The topological polar surface area (TPSA) is 50.8 Å². The summed E-state index contributed by atoms with van der Waals surface area (Å²) in [7, 11) is 0. The molecule has 0 atom stereocenters. The van der Waals surface area contributed by atoms with Gasteiger partial charge in [-0.1, -0.05) is 12.1 Å². The highest BCUT2D eigenvalue weighted by atomic mass is 32.2. The lowest BCUT2D eigenvalue weighted by Crippen LogP contribution is -2.01. The first-order valence-electron chi connectivity index (χ1n) is 8.34. The van der Waals surface area contributed by atoms with Crippen LogP contribution in [0.2, 0.25) is 0 Å². The van der Waals surface area contributed by atoms with Crippen molar-refractivity contribution in [1.29, 1.82) is 0 Å². The van der Waals surface area contributed by atoms with Crippen LogP contribution in [0.5, 0.6) is 5.75 Å². The summed E-state index contributed by atoms with van der Waals surface area (Å²) in [6.07, 6.45) is 5.94. The van der Waals surface area contributed by atoms with Crippen LogP contribution in [0.4, 0.5) is 0 Å². The number of nitrogens with one attached hydrogen (secondary N) is 1. The fraction of sp³-hybridized carbons (Fsp3) is 0.200. The van der Waals surface area contributed by atoms with E-state index < -0.39 is 0 Å². The minimum absolute atomic E-state index is 0.666. The summed E-state index contributed by atoms with van der Waals surface area (Å²) in [4.78, 5) is 13.6. The lowest BCUT2D eigenvalue weighted by atomic mass is 10.1. The van der Waals surface area contributed by atoms with E-state index in [4.69, 9.17) is 4.74 Å². The number of hydrogen-bond donors (Lipinski definition) is 1. The van der Waals surface area contributed by atoms with Crippen LogP contribution in [0.3, 0.4) is 0 Å². The van der Waals surface area contributed by atoms with Crippen LogP contribution in [0.1, 0.15) is 0 Å². The molecule has 0 aliphatic heterocycles. The number of pyridine rings is 1. The largest absolute Gasteiger partial charge is 0.492 e. The Balaban J connectivity index is 1.88. The molecule has 6 heteroatoms. The summed E-state index contributed by atoms with van der Waals surface area (Å²) in [6, 6.07) is 14.5. The maximum atomic E-state index is 6.13. The van der Waals surface area contributed by atoms with E-state index >= 15 is 0 Å². The van der Waals surface area contributed by atoms with Gasteiger partial charge in [0.05, 0.1) is 17.7 Å². The van der Waals surface area contributed by atoms with E-state index in [1.165, 1.54) is 15.7 Å². The molecule has 0 saturated carbocycles. The molecular formula is C20H19N3OS2. The lowest BCUT2D eigenvalue weighted by molar-refractivity contribution is 0.345. The van der Waals surface area contributed by atoms with E-state index in [-0.39, 0.29) is 0 Å². The summed E-state index contributed by atoms with van der Waals surface area (Å²) >= 11 is 3.52. The van der Waals surface area contributed by atoms with Crippen molar-refractivity contribution in [3.05, 3.63) is 48.7 Å². The normalized spacial score (nSPS) is 11.3. The average Bonchev–Trinajstić information content (AvgIpc) is 3.11. The number of nitrogens with zero attached hydrogens (tertiary/aromatic N) is 2. The van der Waals surface area contributed by atoms with Crippen molar-refractivity contribution in [1.82, 2.24) is 15.0 Å². The average molecular weight is 382 g/mol. The third-order valence-corrected chi connectivity index (χ3v) is 5.59. The first-order chi connectivity index (χ1) is 12.8. The fourth-order valence-electron chi connectivity index (χ4n) is 2.97. The molecule has 2 aromatic carbocycles. The van der Waals surface area contributed by atoms with E-state index in [2.05, 4.69) is 57.8 Å². The predicted molar refractivity (Wildman–Crippen MR) is 112 cm³/mol. The number of aromatic amines is 1. The quantitative estimate of drug-likeness (QED) is 0.365. The van der Waals surface area contributed by atoms with Crippen LogP contribution < -0.4 is 4.74 Å². The molecule has 0 fully saturated rings. The Hall–Kier alpha value is -2.18. The molecule has 4 nitrogen and oxygen atoms in total. The Morgan fingerprint density at radius 1 is 1.12 bits per heavy atom. The van der Waals surface area contributed by atoms with Gasteiger partial charge in [-0.2, -0.15) is 11.8 Å². The first-order valence-corrected chi connectivity index (χ1v) is 11.0. The van der Waals surface area contributed by atoms with Gasteiger partial charge in [-0.05, 0) is 53.6 Å². The summed E-state index contributed by atoms with van der Waals surface area (Å²) in [5.41, 5.74) is 2.61. The van der Waals surface area contributed by atoms with Crippen LogP contribution in [-0.2, 0) is 0 Å². The van der Waals surface area contributed by atoms with E-state index in [9.17, 15) is 0 Å². The number of H-pyrrole nitrogens is 1. The molecule has 2 heterocycles. The highest BCUT2D eigenvalue weighted by molar-refractivity contribution is 7.99. The number of hydrogen-bond acceptors (Lipinski definition) is 5. The monoisotopic (exact) mass is 381 g/mol. The third-order valence-electron chi connectivity index (χ3n) is 4.22. The molecule has 0 spiro atoms. The zero-order chi connectivity index (χ0) is 17.9. The molecule has 0 bridgehead atoms. The summed E-state index contributed by atoms with van der Waals surface area (Å²) in [5, 5.41) is 2.38. The van der Waals surface area contributed by atoms with Gasteiger partial charge >= 0.3 is 0 Å². The van der Waals surface area contributed by atoms with E-state index in [1.807, 2.05) is 12.1 Å². The maximum Gasteiger partial charge on any atom is 0.178 e. The zero-order valence-electron chi connectivity index (χ0n) is 14.7. The highest BCUT2D eigenvalue weighted by Crippen LogP contribution is 2.37. The van der Waals surface area contributed by atoms with Gasteiger partial charge in [0.25, 0.3) is 0 Å². The Bertz CT molecular complexity index is 1030. The minimum Gasteiger partial charge on any atom is -0.492 e. The molecule has 0 saturated heterocycles. The number of benzene rings is 2. The number of rotatable bonds is 6. The molecule has 26 heavy (non-hydrogen) atoms. The van der Waals surface area contributed by atoms with Crippen molar-refractivity contribution < 1.29 is 4.74 Å². The molecule has 0 aliphatic rings. The van der Waals surface area contributed by atoms with Gasteiger partial charge in [0.1, 0.15) is 11.6 Å². The van der Waals surface area contributed by atoms with Gasteiger partial charge in [0.2, 0.25) is 0 Å². The van der Waals surface area contributed by atoms with Gasteiger partial charge in [0, 0.05) is 16.8 Å². The smallest absolute Gasteiger partial charge is 0.178 e. The minimum atomic E-state index is 0.666. The zero-order valence-corrected chi connectivity index (χ0v) is 16.3. The van der Waals surface area contributed by atoms with Gasteiger partial charge in [0.15, 0.2) is 5.65 Å². The van der Waals surface area contributed by atoms with E-state index in [0.717, 1.165) is 34.1 Å². The molecule has 0 radical (unpaired) electrons. The van der Waals surface area contributed by atoms with E-state index in [0.29, 0.717) is 6.61 Å². The summed E-state index contributed by atoms with van der Waals surface area (Å²) in [5.74, 6) is 2.59. The molecular weight excluding hydrogens is 362 g/mol. The van der Waals surface area contributed by atoms with Crippen molar-refractivity contribution in [3.8, 4) is 17.1 Å². The Kier molecular flexibility index (Phi) is 5.04. The van der Waals surface area contributed by atoms with Crippen molar-refractivity contribution in [2.24, 2.45) is 0 Å². The number of thioether (sulfide) groups is 2. The molecule has 2 aromatic heterocycles. The van der Waals surface area contributed by atoms with Crippen LogP contribution >= 0.6 is 23.5 Å². The van der Waals surface area contributed by atoms with Crippen LogP contribution in [0.15, 0.2) is 53.6 Å². The summed E-state index contributed by atoms with van der Waals surface area (Å²) in [6.45, 7) is 0.666. The lowest BCUT2D eigenvalue weighted by Gasteiger charge is -2.13. The van der Waals surface area contributed by atoms with Crippen molar-refractivity contribution in [2.75, 3.05) is 24.9 Å². The number of fused-ring (bicyclic) bond motifs is 2. The molecule has 0 unspecified atom stereocenters. The predicted octanol–water partition coefficient (Wildman–Crippen LogP) is 5.24. The van der Waals surface area contributed by atoms with Gasteiger partial charge in [-0.25, -0.2) is 9.97 Å². The number of imidazole rings is 1. The molecule has 4 aromatic rings. The second-order valence-electron chi connectivity index (χ2n) is 5.83. The van der Waals surface area contributed by atoms with Crippen LogP contribution in [0.25, 0.3) is 33.3 Å². The van der Waals surface area contributed by atoms with Crippen molar-refractivity contribution in [3.63, 3.8) is 0 Å². The Morgan fingerprint density at radius 2 is 2.04 bits per heavy atom. The van der Waals surface area contributed by atoms with Gasteiger partial charge in [-0.15, -0.1) is 11.8 Å². The van der Waals surface area contributed by atoms with Crippen LogP contribution in [-0.4, -0.2) is 39.8 Å². The van der Waals surface area contributed by atoms with Crippen LogP contribution in [0, 0.1) is 0 Å². The molecule has 132 valence electrons. The molecule has 1 N–H and O–H groups in total.